The standard InChI is InChI=1S/C25H25F3N2O5/c26-25(27,28)21(12-22(31)32)30-23(33)20(11-14-9-10-14)29-24(34)35-13-19-17-7-3-1-5-15(17)16-6-2-4-8-18(16)19/h1-8,14,19-21H,9-13H2,(H,29,34)(H,30,33)(H,31,32)/t20-,21?/m0/s1. The Bertz CT molecular complexity index is 1070. The molecular formula is C25H25F3N2O5. The smallest absolute Gasteiger partial charge is 0.409 e. The van der Waals surface area contributed by atoms with Gasteiger partial charge in [0.1, 0.15) is 18.7 Å². The Kier molecular flexibility index (Phi) is 7.00. The van der Waals surface area contributed by atoms with Crippen LogP contribution in [-0.4, -0.2) is 47.9 Å². The normalized spacial score (nSPS) is 16.5. The summed E-state index contributed by atoms with van der Waals surface area (Å²) in [6, 6.07) is 11.7. The molecule has 0 aliphatic heterocycles. The number of amides is 2. The van der Waals surface area contributed by atoms with Gasteiger partial charge in [0.15, 0.2) is 0 Å². The van der Waals surface area contributed by atoms with Crippen molar-refractivity contribution in [1.29, 1.82) is 0 Å². The van der Waals surface area contributed by atoms with Crippen molar-refractivity contribution >= 4 is 18.0 Å². The van der Waals surface area contributed by atoms with Crippen molar-refractivity contribution in [3.05, 3.63) is 59.7 Å². The Morgan fingerprint density at radius 2 is 1.54 bits per heavy atom. The lowest BCUT2D eigenvalue weighted by atomic mass is 9.98. The molecule has 0 spiro atoms. The average molecular weight is 490 g/mol. The van der Waals surface area contributed by atoms with E-state index in [-0.39, 0.29) is 24.9 Å². The van der Waals surface area contributed by atoms with E-state index in [1.807, 2.05) is 48.5 Å². The molecule has 0 bridgehead atoms. The van der Waals surface area contributed by atoms with Crippen molar-refractivity contribution < 1.29 is 37.4 Å². The van der Waals surface area contributed by atoms with Crippen LogP contribution in [0.2, 0.25) is 0 Å². The number of nitrogens with one attached hydrogen (secondary N) is 2. The summed E-state index contributed by atoms with van der Waals surface area (Å²) in [5, 5.41) is 12.9. The van der Waals surface area contributed by atoms with Crippen LogP contribution >= 0.6 is 0 Å². The number of carboxylic acid groups (broad SMARTS) is 1. The topological polar surface area (TPSA) is 105 Å². The summed E-state index contributed by atoms with van der Waals surface area (Å²) < 4.78 is 45.0. The van der Waals surface area contributed by atoms with Crippen LogP contribution in [0.4, 0.5) is 18.0 Å². The predicted molar refractivity (Wildman–Crippen MR) is 120 cm³/mol. The predicted octanol–water partition coefficient (Wildman–Crippen LogP) is 4.22. The van der Waals surface area contributed by atoms with Crippen molar-refractivity contribution in [3.8, 4) is 11.1 Å². The molecule has 2 atom stereocenters. The average Bonchev–Trinajstić information content (AvgIpc) is 3.56. The fraction of sp³-hybridized carbons (Fsp3) is 0.400. The minimum Gasteiger partial charge on any atom is -0.481 e. The van der Waals surface area contributed by atoms with Crippen molar-refractivity contribution in [3.63, 3.8) is 0 Å². The lowest BCUT2D eigenvalue weighted by molar-refractivity contribution is -0.170. The SMILES string of the molecule is O=C(O)CC(NC(=O)[C@H](CC1CC1)NC(=O)OCC1c2ccccc2-c2ccccc21)C(F)(F)F. The molecule has 2 aliphatic rings. The maximum Gasteiger partial charge on any atom is 0.409 e. The van der Waals surface area contributed by atoms with E-state index >= 15 is 0 Å². The van der Waals surface area contributed by atoms with Crippen LogP contribution in [0.1, 0.15) is 42.7 Å². The monoisotopic (exact) mass is 490 g/mol. The van der Waals surface area contributed by atoms with Gasteiger partial charge in [-0.05, 0) is 34.6 Å². The highest BCUT2D eigenvalue weighted by Gasteiger charge is 2.43. The first-order chi connectivity index (χ1) is 16.6. The lowest BCUT2D eigenvalue weighted by Gasteiger charge is -2.24. The molecule has 2 aliphatic carbocycles. The molecule has 0 radical (unpaired) electrons. The van der Waals surface area contributed by atoms with Gasteiger partial charge in [-0.15, -0.1) is 0 Å². The summed E-state index contributed by atoms with van der Waals surface area (Å²) in [5.41, 5.74) is 4.07. The fourth-order valence-corrected chi connectivity index (χ4v) is 4.40. The van der Waals surface area contributed by atoms with Crippen molar-refractivity contribution in [2.24, 2.45) is 5.92 Å². The van der Waals surface area contributed by atoms with Gasteiger partial charge in [-0.2, -0.15) is 13.2 Å². The summed E-state index contributed by atoms with van der Waals surface area (Å²) in [6.07, 6.45) is -5.43. The maximum atomic E-state index is 13.2. The molecule has 4 rings (SSSR count). The molecular weight excluding hydrogens is 465 g/mol. The van der Waals surface area contributed by atoms with Crippen LogP contribution in [0.5, 0.6) is 0 Å². The molecule has 10 heteroatoms. The van der Waals surface area contributed by atoms with E-state index in [2.05, 4.69) is 5.32 Å². The number of ether oxygens (including phenoxy) is 1. The van der Waals surface area contributed by atoms with Gasteiger partial charge >= 0.3 is 18.2 Å². The highest BCUT2D eigenvalue weighted by atomic mass is 19.4. The first-order valence-electron chi connectivity index (χ1n) is 11.3. The highest BCUT2D eigenvalue weighted by Crippen LogP contribution is 2.44. The number of alkyl carbamates (subject to hydrolysis) is 1. The molecule has 2 aromatic rings. The third kappa shape index (κ3) is 5.93. The second kappa shape index (κ2) is 9.97. The molecule has 1 saturated carbocycles. The van der Waals surface area contributed by atoms with Crippen LogP contribution in [0.15, 0.2) is 48.5 Å². The number of fused-ring (bicyclic) bond motifs is 3. The Hall–Kier alpha value is -3.56. The van der Waals surface area contributed by atoms with Crippen LogP contribution in [0.3, 0.4) is 0 Å². The second-order valence-corrected chi connectivity index (χ2v) is 8.90. The van der Waals surface area contributed by atoms with E-state index in [1.165, 1.54) is 0 Å². The van der Waals surface area contributed by atoms with Crippen molar-refractivity contribution in [1.82, 2.24) is 10.6 Å². The molecule has 186 valence electrons. The molecule has 0 saturated heterocycles. The van der Waals surface area contributed by atoms with E-state index in [0.717, 1.165) is 35.1 Å². The molecule has 0 aromatic heterocycles. The third-order valence-electron chi connectivity index (χ3n) is 6.31. The summed E-state index contributed by atoms with van der Waals surface area (Å²) in [5.74, 6) is -2.90. The van der Waals surface area contributed by atoms with Gasteiger partial charge < -0.3 is 20.5 Å². The number of hydrogen-bond acceptors (Lipinski definition) is 4. The quantitative estimate of drug-likeness (QED) is 0.488. The number of hydrogen-bond donors (Lipinski definition) is 3. The Labute approximate surface area is 199 Å². The Morgan fingerprint density at radius 1 is 0.971 bits per heavy atom. The molecule has 2 aromatic carbocycles. The number of halogens is 3. The third-order valence-corrected chi connectivity index (χ3v) is 6.31. The maximum absolute atomic E-state index is 13.2. The number of alkyl halides is 3. The summed E-state index contributed by atoms with van der Waals surface area (Å²) in [4.78, 5) is 36.0. The van der Waals surface area contributed by atoms with E-state index < -0.39 is 42.7 Å². The number of aliphatic carboxylic acids is 1. The Balaban J connectivity index is 1.41. The van der Waals surface area contributed by atoms with Crippen LogP contribution in [0.25, 0.3) is 11.1 Å². The van der Waals surface area contributed by atoms with Gasteiger partial charge in [-0.3, -0.25) is 9.59 Å². The number of carboxylic acids is 1. The highest BCUT2D eigenvalue weighted by molar-refractivity contribution is 5.86. The van der Waals surface area contributed by atoms with E-state index in [1.54, 1.807) is 5.32 Å². The van der Waals surface area contributed by atoms with Crippen molar-refractivity contribution in [2.45, 2.75) is 49.9 Å². The van der Waals surface area contributed by atoms with Gasteiger partial charge in [-0.1, -0.05) is 61.4 Å². The van der Waals surface area contributed by atoms with Gasteiger partial charge in [0.25, 0.3) is 0 Å². The first kappa shape index (κ1) is 24.6. The molecule has 3 N–H and O–H groups in total. The van der Waals surface area contributed by atoms with Gasteiger partial charge in [0.05, 0.1) is 6.42 Å². The zero-order valence-corrected chi connectivity index (χ0v) is 18.7. The fourth-order valence-electron chi connectivity index (χ4n) is 4.40. The molecule has 7 nitrogen and oxygen atoms in total. The summed E-state index contributed by atoms with van der Waals surface area (Å²) >= 11 is 0. The first-order valence-corrected chi connectivity index (χ1v) is 11.3. The zero-order valence-electron chi connectivity index (χ0n) is 18.7. The van der Waals surface area contributed by atoms with E-state index in [0.29, 0.717) is 0 Å². The molecule has 0 heterocycles. The minimum atomic E-state index is -4.94. The van der Waals surface area contributed by atoms with E-state index in [9.17, 15) is 27.6 Å². The molecule has 2 amide bonds. The lowest BCUT2D eigenvalue weighted by Crippen LogP contribution is -2.54. The Morgan fingerprint density at radius 3 is 2.06 bits per heavy atom. The second-order valence-electron chi connectivity index (χ2n) is 8.90. The van der Waals surface area contributed by atoms with Crippen LogP contribution in [0, 0.1) is 5.92 Å². The number of carbonyl (C=O) groups is 3. The van der Waals surface area contributed by atoms with Gasteiger partial charge in [0.2, 0.25) is 5.91 Å². The number of rotatable bonds is 9. The van der Waals surface area contributed by atoms with Gasteiger partial charge in [0, 0.05) is 5.92 Å². The molecule has 1 unspecified atom stereocenters. The molecule has 1 fully saturated rings. The number of benzene rings is 2. The largest absolute Gasteiger partial charge is 0.481 e. The zero-order chi connectivity index (χ0) is 25.2. The molecule has 35 heavy (non-hydrogen) atoms. The summed E-state index contributed by atoms with van der Waals surface area (Å²) in [7, 11) is 0. The summed E-state index contributed by atoms with van der Waals surface area (Å²) in [6.45, 7) is -0.0121. The van der Waals surface area contributed by atoms with E-state index in [4.69, 9.17) is 9.84 Å². The number of carbonyl (C=O) groups excluding carboxylic acids is 2. The van der Waals surface area contributed by atoms with Gasteiger partial charge in [-0.25, -0.2) is 4.79 Å². The van der Waals surface area contributed by atoms with Crippen molar-refractivity contribution in [2.75, 3.05) is 6.61 Å². The minimum absolute atomic E-state index is 0.0121. The van der Waals surface area contributed by atoms with Crippen LogP contribution < -0.4 is 10.6 Å². The van der Waals surface area contributed by atoms with Crippen LogP contribution in [-0.2, 0) is 14.3 Å².